The van der Waals surface area contributed by atoms with Crippen LogP contribution in [0, 0.1) is 5.82 Å². The van der Waals surface area contributed by atoms with E-state index in [1.807, 2.05) is 0 Å². The van der Waals surface area contributed by atoms with E-state index in [0.29, 0.717) is 33.5 Å². The molecule has 0 spiro atoms. The predicted octanol–water partition coefficient (Wildman–Crippen LogP) is 4.86. The smallest absolute Gasteiger partial charge is 0.197 e. The van der Waals surface area contributed by atoms with Crippen LogP contribution in [0.15, 0.2) is 47.2 Å². The molecular formula is C20H17Cl2FN6O2S. The summed E-state index contributed by atoms with van der Waals surface area (Å²) in [5.74, 6) is -0.496. The molecule has 0 fully saturated rings. The van der Waals surface area contributed by atoms with E-state index in [1.165, 1.54) is 37.2 Å². The molecule has 4 aromatic rings. The van der Waals surface area contributed by atoms with Gasteiger partial charge < -0.3 is 4.74 Å². The van der Waals surface area contributed by atoms with E-state index in [1.54, 1.807) is 18.2 Å². The topological polar surface area (TPSA) is 119 Å². The second-order valence-corrected chi connectivity index (χ2v) is 10.5. The molecule has 166 valence electrons. The number of hydrogen-bond acceptors (Lipinski definition) is 7. The Morgan fingerprint density at radius 2 is 1.91 bits per heavy atom. The number of pyridine rings is 2. The monoisotopic (exact) mass is 494 g/mol. The second-order valence-electron chi connectivity index (χ2n) is 7.14. The number of rotatable bonds is 5. The zero-order valence-electron chi connectivity index (χ0n) is 16.8. The molecule has 0 radical (unpaired) electrons. The normalized spacial score (nSPS) is 12.7. The molecule has 1 atom stereocenters. The van der Waals surface area contributed by atoms with Gasteiger partial charge in [0.15, 0.2) is 17.9 Å². The summed E-state index contributed by atoms with van der Waals surface area (Å²) in [7, 11) is -2.55. The molecule has 0 aliphatic carbocycles. The van der Waals surface area contributed by atoms with Gasteiger partial charge in [0.05, 0.1) is 15.6 Å². The lowest BCUT2D eigenvalue weighted by Crippen LogP contribution is -2.18. The first-order valence-electron chi connectivity index (χ1n) is 9.14. The molecule has 0 aliphatic rings. The van der Waals surface area contributed by atoms with Gasteiger partial charge in [0.25, 0.3) is 0 Å². The summed E-state index contributed by atoms with van der Waals surface area (Å²) in [6.45, 7) is 0. The zero-order chi connectivity index (χ0) is 23.0. The van der Waals surface area contributed by atoms with Gasteiger partial charge >= 0.3 is 0 Å². The highest BCUT2D eigenvalue weighted by molar-refractivity contribution is 7.92. The fraction of sp³-hybridized carbons (Fsp3) is 0.150. The fourth-order valence-corrected chi connectivity index (χ4v) is 4.15. The summed E-state index contributed by atoms with van der Waals surface area (Å²) < 4.78 is 36.0. The molecule has 0 unspecified atom stereocenters. The van der Waals surface area contributed by atoms with Crippen molar-refractivity contribution in [2.45, 2.75) is 6.23 Å². The van der Waals surface area contributed by atoms with Gasteiger partial charge in [0.2, 0.25) is 0 Å². The average molecular weight is 495 g/mol. The number of nitrogens with zero attached hydrogens (tertiary/aromatic N) is 4. The number of nitrogens with two attached hydrogens (primary N) is 1. The second kappa shape index (κ2) is 8.62. The number of nitrogens with one attached hydrogen (secondary N) is 1. The number of halogens is 3. The first-order valence-corrected chi connectivity index (χ1v) is 12.2. The first-order chi connectivity index (χ1) is 15.1. The molecule has 8 nitrogen and oxygen atoms in total. The quantitative estimate of drug-likeness (QED) is 0.382. The van der Waals surface area contributed by atoms with Crippen molar-refractivity contribution in [3.63, 3.8) is 0 Å². The van der Waals surface area contributed by atoms with Crippen LogP contribution in [0.1, 0.15) is 11.8 Å². The highest BCUT2D eigenvalue weighted by atomic mass is 35.5. The van der Waals surface area contributed by atoms with Crippen molar-refractivity contribution in [3.8, 4) is 17.0 Å². The SMILES string of the molecule is CS(C)(=O)=Nc1ncc(-c2n[nH]c3ccc(O[C@H](N)c4c(Cl)cncc4Cl)cc23)cc1F. The molecule has 12 heteroatoms. The molecule has 32 heavy (non-hydrogen) atoms. The number of fused-ring (bicyclic) bond motifs is 1. The van der Waals surface area contributed by atoms with Gasteiger partial charge in [0, 0.05) is 57.3 Å². The minimum atomic E-state index is -2.55. The summed E-state index contributed by atoms with van der Waals surface area (Å²) >= 11 is 12.3. The molecule has 0 saturated carbocycles. The number of ether oxygens (including phenoxy) is 1. The Balaban J connectivity index is 1.69. The molecule has 0 bridgehead atoms. The molecule has 0 aliphatic heterocycles. The van der Waals surface area contributed by atoms with Crippen molar-refractivity contribution >= 4 is 49.7 Å². The molecule has 4 rings (SSSR count). The Morgan fingerprint density at radius 3 is 2.56 bits per heavy atom. The number of benzene rings is 1. The van der Waals surface area contributed by atoms with Crippen LogP contribution in [0.5, 0.6) is 5.75 Å². The minimum absolute atomic E-state index is 0.218. The summed E-state index contributed by atoms with van der Waals surface area (Å²) in [5, 5.41) is 8.36. The highest BCUT2D eigenvalue weighted by Crippen LogP contribution is 2.33. The van der Waals surface area contributed by atoms with Gasteiger partial charge in [-0.15, -0.1) is 0 Å². The maximum Gasteiger partial charge on any atom is 0.197 e. The third-order valence-corrected chi connectivity index (χ3v) is 5.59. The fourth-order valence-electron chi connectivity index (χ4n) is 3.02. The Labute approximate surface area is 193 Å². The van der Waals surface area contributed by atoms with E-state index in [9.17, 15) is 8.60 Å². The number of H-pyrrole nitrogens is 1. The van der Waals surface area contributed by atoms with Crippen molar-refractivity contribution in [2.24, 2.45) is 10.1 Å². The number of aromatic amines is 1. The summed E-state index contributed by atoms with van der Waals surface area (Å²) in [5.41, 5.74) is 8.11. The van der Waals surface area contributed by atoms with E-state index >= 15 is 0 Å². The van der Waals surface area contributed by atoms with Gasteiger partial charge in [-0.25, -0.2) is 13.6 Å². The van der Waals surface area contributed by atoms with Gasteiger partial charge in [-0.2, -0.15) is 9.46 Å². The molecule has 0 amide bonds. The molecule has 3 heterocycles. The maximum atomic E-state index is 14.5. The molecule has 0 saturated heterocycles. The van der Waals surface area contributed by atoms with Gasteiger partial charge in [-0.05, 0) is 24.3 Å². The van der Waals surface area contributed by atoms with Gasteiger partial charge in [0.1, 0.15) is 11.4 Å². The zero-order valence-corrected chi connectivity index (χ0v) is 19.2. The van der Waals surface area contributed by atoms with Crippen LogP contribution < -0.4 is 10.5 Å². The molecule has 3 N–H and O–H groups in total. The van der Waals surface area contributed by atoms with E-state index in [2.05, 4.69) is 24.5 Å². The highest BCUT2D eigenvalue weighted by Gasteiger charge is 2.18. The van der Waals surface area contributed by atoms with Crippen molar-refractivity contribution in [1.82, 2.24) is 20.2 Å². The Bertz CT molecular complexity index is 1420. The van der Waals surface area contributed by atoms with Crippen LogP contribution in [0.3, 0.4) is 0 Å². The van der Waals surface area contributed by atoms with E-state index < -0.39 is 21.8 Å². The van der Waals surface area contributed by atoms with Crippen LogP contribution >= 0.6 is 23.2 Å². The van der Waals surface area contributed by atoms with Crippen LogP contribution in [0.4, 0.5) is 10.2 Å². The lowest BCUT2D eigenvalue weighted by atomic mass is 10.1. The number of aromatic nitrogens is 4. The third-order valence-electron chi connectivity index (χ3n) is 4.37. The van der Waals surface area contributed by atoms with Crippen molar-refractivity contribution in [2.75, 3.05) is 12.5 Å². The Morgan fingerprint density at radius 1 is 1.19 bits per heavy atom. The standard InChI is InChI=1S/C20H17Cl2FN6O2S/c1-32(2,30)29-20-15(23)5-10(7-26-20)18-12-6-11(3-4-16(12)27-28-18)31-19(24)17-13(21)8-25-9-14(17)22/h3-9,19H,24H2,1-2H3,(H,27,28)/t19-/m0/s1. The maximum absolute atomic E-state index is 14.5. The van der Waals surface area contributed by atoms with E-state index in [0.717, 1.165) is 0 Å². The average Bonchev–Trinajstić information content (AvgIpc) is 3.12. The largest absolute Gasteiger partial charge is 0.471 e. The van der Waals surface area contributed by atoms with E-state index in [-0.39, 0.29) is 15.9 Å². The van der Waals surface area contributed by atoms with Crippen LogP contribution in [-0.2, 0) is 9.73 Å². The van der Waals surface area contributed by atoms with Crippen LogP contribution in [-0.4, -0.2) is 36.9 Å². The summed E-state index contributed by atoms with van der Waals surface area (Å²) in [4.78, 5) is 7.89. The van der Waals surface area contributed by atoms with Crippen LogP contribution in [0.25, 0.3) is 22.2 Å². The molecule has 1 aromatic carbocycles. The molecule has 3 aromatic heterocycles. The lowest BCUT2D eigenvalue weighted by Gasteiger charge is -2.17. The third kappa shape index (κ3) is 4.68. The molecular weight excluding hydrogens is 478 g/mol. The Hall–Kier alpha value is -2.79. The predicted molar refractivity (Wildman–Crippen MR) is 123 cm³/mol. The van der Waals surface area contributed by atoms with Crippen LogP contribution in [0.2, 0.25) is 10.0 Å². The summed E-state index contributed by atoms with van der Waals surface area (Å²) in [6.07, 6.45) is 6.14. The van der Waals surface area contributed by atoms with Crippen molar-refractivity contribution in [3.05, 3.63) is 64.3 Å². The van der Waals surface area contributed by atoms with Gasteiger partial charge in [-0.3, -0.25) is 15.8 Å². The summed E-state index contributed by atoms with van der Waals surface area (Å²) in [6, 6.07) is 6.40. The lowest BCUT2D eigenvalue weighted by molar-refractivity contribution is 0.214. The number of hydrogen-bond donors (Lipinski definition) is 2. The Kier molecular flexibility index (Phi) is 6.04. The van der Waals surface area contributed by atoms with Crippen molar-refractivity contribution in [1.29, 1.82) is 0 Å². The first kappa shape index (κ1) is 22.4. The van der Waals surface area contributed by atoms with E-state index in [4.69, 9.17) is 33.7 Å². The minimum Gasteiger partial charge on any atom is -0.471 e. The van der Waals surface area contributed by atoms with Gasteiger partial charge in [-0.1, -0.05) is 23.2 Å². The van der Waals surface area contributed by atoms with Crippen molar-refractivity contribution < 1.29 is 13.3 Å².